The van der Waals surface area contributed by atoms with Gasteiger partial charge in [-0.25, -0.2) is 12.8 Å². The van der Waals surface area contributed by atoms with Crippen LogP contribution in [0.1, 0.15) is 30.0 Å². The van der Waals surface area contributed by atoms with Crippen LogP contribution in [0, 0.1) is 5.82 Å². The first-order chi connectivity index (χ1) is 17.7. The standard InChI is InChI=1S/C26H24BrClFN3O4S/c27-21-10-2-1-9-19(21)24(16-20-22(28)11-6-12-23(20)29)31-26(34)25(33)30-17-7-5-8-18(15-17)32-13-3-4-14-37(32,35)36/h1-2,5-12,15,24H,3-4,13-14,16H2,(H,30,33)(H,31,34). The Morgan fingerprint density at radius 1 is 1.03 bits per heavy atom. The lowest BCUT2D eigenvalue weighted by atomic mass is 9.98. The van der Waals surface area contributed by atoms with Crippen molar-refractivity contribution >= 4 is 60.7 Å². The van der Waals surface area contributed by atoms with Crippen LogP contribution in [0.5, 0.6) is 0 Å². The molecule has 3 aromatic rings. The van der Waals surface area contributed by atoms with Gasteiger partial charge >= 0.3 is 11.8 Å². The number of anilines is 2. The Morgan fingerprint density at radius 2 is 1.78 bits per heavy atom. The first kappa shape index (κ1) is 27.1. The Morgan fingerprint density at radius 3 is 2.51 bits per heavy atom. The fourth-order valence-corrected chi connectivity index (χ4v) is 6.59. The van der Waals surface area contributed by atoms with Crippen LogP contribution < -0.4 is 14.9 Å². The maximum Gasteiger partial charge on any atom is 0.313 e. The zero-order valence-corrected chi connectivity index (χ0v) is 22.7. The molecule has 1 saturated heterocycles. The molecule has 0 aliphatic carbocycles. The van der Waals surface area contributed by atoms with Crippen LogP contribution in [0.2, 0.25) is 5.02 Å². The van der Waals surface area contributed by atoms with Gasteiger partial charge in [0.1, 0.15) is 5.82 Å². The van der Waals surface area contributed by atoms with Gasteiger partial charge in [0.15, 0.2) is 0 Å². The smallest absolute Gasteiger partial charge is 0.313 e. The number of carbonyl (C=O) groups excluding carboxylic acids is 2. The van der Waals surface area contributed by atoms with Crippen molar-refractivity contribution in [2.24, 2.45) is 0 Å². The molecule has 3 aromatic carbocycles. The Balaban J connectivity index is 1.53. The van der Waals surface area contributed by atoms with E-state index < -0.39 is 33.7 Å². The largest absolute Gasteiger partial charge is 0.341 e. The van der Waals surface area contributed by atoms with Crippen molar-refractivity contribution in [1.82, 2.24) is 5.32 Å². The Hall–Kier alpha value is -2.95. The first-order valence-corrected chi connectivity index (χ1v) is 14.3. The first-order valence-electron chi connectivity index (χ1n) is 11.6. The molecule has 37 heavy (non-hydrogen) atoms. The summed E-state index contributed by atoms with van der Waals surface area (Å²) in [6, 6.07) is 17.0. The van der Waals surface area contributed by atoms with Crippen molar-refractivity contribution in [2.75, 3.05) is 21.9 Å². The molecule has 0 aromatic heterocycles. The fourth-order valence-electron chi connectivity index (χ4n) is 4.16. The minimum atomic E-state index is -3.43. The molecule has 0 saturated carbocycles. The summed E-state index contributed by atoms with van der Waals surface area (Å²) in [6.07, 6.45) is 1.35. The second kappa shape index (κ2) is 11.6. The summed E-state index contributed by atoms with van der Waals surface area (Å²) in [6.45, 7) is 0.354. The molecule has 0 radical (unpaired) electrons. The van der Waals surface area contributed by atoms with Gasteiger partial charge in [-0.05, 0) is 54.8 Å². The van der Waals surface area contributed by atoms with Gasteiger partial charge < -0.3 is 10.6 Å². The number of nitrogens with one attached hydrogen (secondary N) is 2. The van der Waals surface area contributed by atoms with Gasteiger partial charge in [-0.3, -0.25) is 13.9 Å². The van der Waals surface area contributed by atoms with Gasteiger partial charge in [0.2, 0.25) is 10.0 Å². The summed E-state index contributed by atoms with van der Waals surface area (Å²) in [5, 5.41) is 5.41. The van der Waals surface area contributed by atoms with Gasteiger partial charge in [0.05, 0.1) is 17.5 Å². The number of nitrogens with zero attached hydrogens (tertiary/aromatic N) is 1. The summed E-state index contributed by atoms with van der Waals surface area (Å²) in [5.74, 6) is -2.35. The highest BCUT2D eigenvalue weighted by atomic mass is 79.9. The number of amides is 2. The van der Waals surface area contributed by atoms with Crippen molar-refractivity contribution in [3.05, 3.63) is 93.2 Å². The SMILES string of the molecule is O=C(Nc1cccc(N2CCCCS2(=O)=O)c1)C(=O)NC(Cc1c(F)cccc1Cl)c1ccccc1Br. The van der Waals surface area contributed by atoms with Gasteiger partial charge in [-0.15, -0.1) is 0 Å². The Bertz CT molecular complexity index is 1420. The summed E-state index contributed by atoms with van der Waals surface area (Å²) in [5.41, 5.74) is 1.53. The molecule has 4 rings (SSSR count). The number of halogens is 3. The number of hydrogen-bond acceptors (Lipinski definition) is 4. The number of rotatable bonds is 6. The third-order valence-corrected chi connectivity index (χ3v) is 8.95. The van der Waals surface area contributed by atoms with Crippen LogP contribution in [0.25, 0.3) is 0 Å². The third kappa shape index (κ3) is 6.49. The topological polar surface area (TPSA) is 95.6 Å². The monoisotopic (exact) mass is 607 g/mol. The van der Waals surface area contributed by atoms with E-state index >= 15 is 0 Å². The molecule has 194 valence electrons. The lowest BCUT2D eigenvalue weighted by Crippen LogP contribution is -2.39. The van der Waals surface area contributed by atoms with E-state index in [0.29, 0.717) is 28.7 Å². The second-order valence-electron chi connectivity index (χ2n) is 8.55. The second-order valence-corrected chi connectivity index (χ2v) is 11.8. The minimum Gasteiger partial charge on any atom is -0.341 e. The average Bonchev–Trinajstić information content (AvgIpc) is 2.86. The zero-order chi connectivity index (χ0) is 26.6. The van der Waals surface area contributed by atoms with E-state index in [4.69, 9.17) is 11.6 Å². The Kier molecular flexibility index (Phi) is 8.51. The van der Waals surface area contributed by atoms with E-state index in [-0.39, 0.29) is 28.4 Å². The molecule has 0 bridgehead atoms. The van der Waals surface area contributed by atoms with E-state index in [0.717, 1.165) is 6.42 Å². The molecular weight excluding hydrogens is 585 g/mol. The van der Waals surface area contributed by atoms with E-state index in [1.165, 1.54) is 22.5 Å². The van der Waals surface area contributed by atoms with Crippen molar-refractivity contribution < 1.29 is 22.4 Å². The van der Waals surface area contributed by atoms with Gasteiger partial charge in [-0.2, -0.15) is 0 Å². The van der Waals surface area contributed by atoms with E-state index in [9.17, 15) is 22.4 Å². The number of hydrogen-bond donors (Lipinski definition) is 2. The predicted molar refractivity (Wildman–Crippen MR) is 146 cm³/mol. The van der Waals surface area contributed by atoms with Crippen LogP contribution in [-0.2, 0) is 26.0 Å². The van der Waals surface area contributed by atoms with Crippen LogP contribution in [0.15, 0.2) is 71.2 Å². The molecule has 1 aliphatic heterocycles. The van der Waals surface area contributed by atoms with Gasteiger partial charge in [-0.1, -0.05) is 57.9 Å². The fraction of sp³-hybridized carbons (Fsp3) is 0.231. The number of benzene rings is 3. The molecule has 1 heterocycles. The molecule has 7 nitrogen and oxygen atoms in total. The van der Waals surface area contributed by atoms with Crippen molar-refractivity contribution in [1.29, 1.82) is 0 Å². The zero-order valence-electron chi connectivity index (χ0n) is 19.6. The highest BCUT2D eigenvalue weighted by Gasteiger charge is 2.27. The van der Waals surface area contributed by atoms with Crippen LogP contribution >= 0.6 is 27.5 Å². The molecule has 1 unspecified atom stereocenters. The summed E-state index contributed by atoms with van der Waals surface area (Å²) >= 11 is 9.67. The number of sulfonamides is 1. The van der Waals surface area contributed by atoms with E-state index in [1.54, 1.807) is 48.5 Å². The Labute approximate surface area is 228 Å². The summed E-state index contributed by atoms with van der Waals surface area (Å²) in [4.78, 5) is 25.7. The minimum absolute atomic E-state index is 0.00937. The highest BCUT2D eigenvalue weighted by Crippen LogP contribution is 2.30. The van der Waals surface area contributed by atoms with Crippen molar-refractivity contribution in [3.63, 3.8) is 0 Å². The van der Waals surface area contributed by atoms with Crippen LogP contribution in [-0.4, -0.2) is 32.5 Å². The van der Waals surface area contributed by atoms with Crippen molar-refractivity contribution in [3.8, 4) is 0 Å². The third-order valence-electron chi connectivity index (χ3n) is 6.00. The lowest BCUT2D eigenvalue weighted by Gasteiger charge is -2.28. The molecule has 2 N–H and O–H groups in total. The molecule has 2 amide bonds. The quantitative estimate of drug-likeness (QED) is 0.376. The van der Waals surface area contributed by atoms with Crippen LogP contribution in [0.4, 0.5) is 15.8 Å². The van der Waals surface area contributed by atoms with E-state index in [1.807, 2.05) is 0 Å². The molecule has 1 aliphatic rings. The van der Waals surface area contributed by atoms with Gasteiger partial charge in [0, 0.05) is 33.7 Å². The van der Waals surface area contributed by atoms with Crippen LogP contribution in [0.3, 0.4) is 0 Å². The molecule has 11 heteroatoms. The molecule has 1 fully saturated rings. The predicted octanol–water partition coefficient (Wildman–Crippen LogP) is 5.21. The van der Waals surface area contributed by atoms with Gasteiger partial charge in [0.25, 0.3) is 0 Å². The maximum atomic E-state index is 14.5. The summed E-state index contributed by atoms with van der Waals surface area (Å²) < 4.78 is 41.4. The maximum absolute atomic E-state index is 14.5. The molecule has 1 atom stereocenters. The number of carbonyl (C=O) groups is 2. The highest BCUT2D eigenvalue weighted by molar-refractivity contribution is 9.10. The molecular formula is C26H24BrClFN3O4S. The summed E-state index contributed by atoms with van der Waals surface area (Å²) in [7, 11) is -3.43. The lowest BCUT2D eigenvalue weighted by molar-refractivity contribution is -0.136. The molecule has 0 spiro atoms. The average molecular weight is 609 g/mol. The van der Waals surface area contributed by atoms with Crippen molar-refractivity contribution in [2.45, 2.75) is 25.3 Å². The normalized spacial score (nSPS) is 15.6. The van der Waals surface area contributed by atoms with E-state index in [2.05, 4.69) is 26.6 Å².